The molecule has 6 nitrogen and oxygen atoms in total. The number of ether oxygens (including phenoxy) is 4. The predicted molar refractivity (Wildman–Crippen MR) is 247 cm³/mol. The summed E-state index contributed by atoms with van der Waals surface area (Å²) in [7, 11) is 0. The highest BCUT2D eigenvalue weighted by Crippen LogP contribution is 2.29. The smallest absolute Gasteiger partial charge is 0.338 e. The monoisotopic (exact) mass is 835 g/mol. The predicted octanol–water partition coefficient (Wildman–Crippen LogP) is 14.7. The fourth-order valence-electron chi connectivity index (χ4n) is 8.69. The molecule has 0 aromatic heterocycles. The summed E-state index contributed by atoms with van der Waals surface area (Å²) >= 11 is 1.87. The minimum Gasteiger partial charge on any atom is -0.461 e. The number of esters is 2. The maximum absolute atomic E-state index is 13.0. The minimum atomic E-state index is -0.264. The van der Waals surface area contributed by atoms with Gasteiger partial charge in [0.05, 0.1) is 23.3 Å². The Hall–Kier alpha value is -2.35. The normalized spacial score (nSPS) is 18.0. The number of benzene rings is 2. The topological polar surface area (TPSA) is 71.1 Å². The third kappa shape index (κ3) is 24.0. The van der Waals surface area contributed by atoms with Gasteiger partial charge in [0, 0.05) is 23.7 Å². The number of hydrogen-bond acceptors (Lipinski definition) is 7. The Morgan fingerprint density at radius 3 is 1.15 bits per heavy atom. The van der Waals surface area contributed by atoms with Crippen LogP contribution < -0.4 is 0 Å². The first-order chi connectivity index (χ1) is 29.2. The van der Waals surface area contributed by atoms with E-state index >= 15 is 0 Å². The first-order valence-corrected chi connectivity index (χ1v) is 25.4. The Balaban J connectivity index is 1.14. The Morgan fingerprint density at radius 1 is 0.475 bits per heavy atom. The van der Waals surface area contributed by atoms with Crippen LogP contribution in [0.4, 0.5) is 0 Å². The fourth-order valence-corrected chi connectivity index (χ4v) is 10.1. The third-order valence-electron chi connectivity index (χ3n) is 12.4. The van der Waals surface area contributed by atoms with Gasteiger partial charge in [-0.2, -0.15) is 0 Å². The number of carbonyl (C=O) groups excluding carboxylic acids is 2. The molecule has 2 saturated heterocycles. The molecule has 0 N–H and O–H groups in total. The summed E-state index contributed by atoms with van der Waals surface area (Å²) in [5.74, 6) is -0.528. The lowest BCUT2D eigenvalue weighted by atomic mass is 10.0. The molecule has 2 heterocycles. The summed E-state index contributed by atoms with van der Waals surface area (Å²) in [6, 6.07) is 18.6. The summed E-state index contributed by atoms with van der Waals surface area (Å²) in [5.41, 5.74) is 1.18. The number of hydrogen-bond donors (Lipinski definition) is 0. The molecule has 2 aromatic carbocycles. The van der Waals surface area contributed by atoms with Crippen molar-refractivity contribution in [1.82, 2.24) is 0 Å². The zero-order chi connectivity index (χ0) is 41.3. The first kappa shape index (κ1) is 49.3. The highest BCUT2D eigenvalue weighted by atomic mass is 32.2. The summed E-state index contributed by atoms with van der Waals surface area (Å²) < 4.78 is 23.6. The van der Waals surface area contributed by atoms with Crippen LogP contribution in [0.25, 0.3) is 0 Å². The van der Waals surface area contributed by atoms with Gasteiger partial charge in [0.15, 0.2) is 0 Å². The molecular weight excluding hydrogens is 753 g/mol. The molecule has 4 unspecified atom stereocenters. The molecule has 2 aliphatic heterocycles. The zero-order valence-electron chi connectivity index (χ0n) is 37.0. The number of thioether (sulfide) groups is 1. The second-order valence-electron chi connectivity index (χ2n) is 17.5. The lowest BCUT2D eigenvalue weighted by Crippen LogP contribution is -2.23. The van der Waals surface area contributed by atoms with Crippen LogP contribution in [0, 0.1) is 0 Å². The SMILES string of the molecule is O=C(OCC(CCCCCCCCCCCCC1CCCCO1)SC(CCCCCCCCCCCCC1CCCCO1)COC(=O)c1ccccc1)c1ccccc1. The summed E-state index contributed by atoms with van der Waals surface area (Å²) in [6.45, 7) is 2.69. The van der Waals surface area contributed by atoms with Crippen molar-refractivity contribution in [3.63, 3.8) is 0 Å². The van der Waals surface area contributed by atoms with Crippen LogP contribution in [0.2, 0.25) is 0 Å². The lowest BCUT2D eigenvalue weighted by Gasteiger charge is -2.24. The van der Waals surface area contributed by atoms with E-state index in [0.29, 0.717) is 36.5 Å². The molecular formula is C52H82O6S. The van der Waals surface area contributed by atoms with Crippen LogP contribution in [-0.2, 0) is 18.9 Å². The molecule has 4 atom stereocenters. The van der Waals surface area contributed by atoms with Crippen molar-refractivity contribution < 1.29 is 28.5 Å². The summed E-state index contributed by atoms with van der Waals surface area (Å²) in [5, 5.41) is 0.328. The van der Waals surface area contributed by atoms with Crippen molar-refractivity contribution in [1.29, 1.82) is 0 Å². The number of carbonyl (C=O) groups is 2. The van der Waals surface area contributed by atoms with Crippen LogP contribution in [0.1, 0.15) is 213 Å². The Morgan fingerprint density at radius 2 is 0.814 bits per heavy atom. The van der Waals surface area contributed by atoms with Gasteiger partial charge in [-0.15, -0.1) is 11.8 Å². The average molecular weight is 835 g/mol. The minimum absolute atomic E-state index is 0.164. The number of unbranched alkanes of at least 4 members (excludes halogenated alkanes) is 18. The van der Waals surface area contributed by atoms with E-state index in [-0.39, 0.29) is 22.4 Å². The molecule has 2 aromatic rings. The second-order valence-corrected chi connectivity index (χ2v) is 19.1. The van der Waals surface area contributed by atoms with Crippen LogP contribution in [-0.4, -0.2) is 61.1 Å². The highest BCUT2D eigenvalue weighted by molar-refractivity contribution is 8.00. The van der Waals surface area contributed by atoms with Gasteiger partial charge in [-0.3, -0.25) is 0 Å². The first-order valence-electron chi connectivity index (χ1n) is 24.5. The van der Waals surface area contributed by atoms with Crippen LogP contribution in [0.3, 0.4) is 0 Å². The maximum atomic E-state index is 13.0. The molecule has 2 aliphatic rings. The number of rotatable bonds is 34. The van der Waals surface area contributed by atoms with E-state index in [4.69, 9.17) is 18.9 Å². The molecule has 7 heteroatoms. The van der Waals surface area contributed by atoms with Gasteiger partial charge in [-0.25, -0.2) is 9.59 Å². The molecule has 2 fully saturated rings. The molecule has 0 bridgehead atoms. The van der Waals surface area contributed by atoms with Crippen LogP contribution in [0.5, 0.6) is 0 Å². The van der Waals surface area contributed by atoms with Gasteiger partial charge < -0.3 is 18.9 Å². The Labute approximate surface area is 364 Å². The van der Waals surface area contributed by atoms with Crippen molar-refractivity contribution in [3.05, 3.63) is 71.8 Å². The summed E-state index contributed by atoms with van der Waals surface area (Å²) in [6.07, 6.45) is 39.1. The fraction of sp³-hybridized carbons (Fsp3) is 0.731. The van der Waals surface area contributed by atoms with E-state index in [1.54, 1.807) is 0 Å². The quantitative estimate of drug-likeness (QED) is 0.0514. The van der Waals surface area contributed by atoms with Gasteiger partial charge in [-0.1, -0.05) is 165 Å². The van der Waals surface area contributed by atoms with Crippen molar-refractivity contribution in [3.8, 4) is 0 Å². The zero-order valence-corrected chi connectivity index (χ0v) is 37.8. The lowest BCUT2D eigenvalue weighted by molar-refractivity contribution is 0.00964. The average Bonchev–Trinajstić information content (AvgIpc) is 3.28. The largest absolute Gasteiger partial charge is 0.461 e. The molecule has 0 aliphatic carbocycles. The van der Waals surface area contributed by atoms with E-state index in [1.807, 2.05) is 72.4 Å². The molecule has 4 rings (SSSR count). The maximum Gasteiger partial charge on any atom is 0.338 e. The highest BCUT2D eigenvalue weighted by Gasteiger charge is 2.22. The van der Waals surface area contributed by atoms with E-state index in [1.165, 1.54) is 167 Å². The van der Waals surface area contributed by atoms with Gasteiger partial charge in [-0.05, 0) is 88.5 Å². The van der Waals surface area contributed by atoms with Gasteiger partial charge >= 0.3 is 11.9 Å². The van der Waals surface area contributed by atoms with Gasteiger partial charge in [0.1, 0.15) is 13.2 Å². The molecule has 59 heavy (non-hydrogen) atoms. The van der Waals surface area contributed by atoms with Gasteiger partial charge in [0.25, 0.3) is 0 Å². The van der Waals surface area contributed by atoms with Crippen LogP contribution >= 0.6 is 11.8 Å². The molecule has 0 spiro atoms. The van der Waals surface area contributed by atoms with E-state index < -0.39 is 0 Å². The van der Waals surface area contributed by atoms with E-state index in [0.717, 1.165) is 38.9 Å². The molecule has 0 amide bonds. The Bertz CT molecular complexity index is 1200. The standard InChI is InChI=1S/C52H82O6S/c53-51(45-31-19-17-20-32-45)57-43-49(39-25-15-11-7-3-1-5-9-13-23-35-47-37-27-29-41-55-47)59-50(44-58-52(54)46-33-21-18-22-34-46)40-26-16-12-8-4-2-6-10-14-24-36-48-38-28-30-42-56-48/h17-22,31-34,47-50H,1-16,23-30,35-44H2. The van der Waals surface area contributed by atoms with Gasteiger partial charge in [0.2, 0.25) is 0 Å². The molecule has 0 saturated carbocycles. The molecule has 0 radical (unpaired) electrons. The molecule has 332 valence electrons. The van der Waals surface area contributed by atoms with Crippen molar-refractivity contribution in [2.24, 2.45) is 0 Å². The van der Waals surface area contributed by atoms with Crippen molar-refractivity contribution in [2.45, 2.75) is 215 Å². The van der Waals surface area contributed by atoms with Crippen LogP contribution in [0.15, 0.2) is 60.7 Å². The van der Waals surface area contributed by atoms with E-state index in [9.17, 15) is 9.59 Å². The van der Waals surface area contributed by atoms with Crippen molar-refractivity contribution in [2.75, 3.05) is 26.4 Å². The third-order valence-corrected chi connectivity index (χ3v) is 13.9. The van der Waals surface area contributed by atoms with E-state index in [2.05, 4.69) is 0 Å². The summed E-state index contributed by atoms with van der Waals surface area (Å²) in [4.78, 5) is 25.9. The second kappa shape index (κ2) is 33.3. The van der Waals surface area contributed by atoms with Crippen molar-refractivity contribution >= 4 is 23.7 Å². The Kier molecular flexibility index (Phi) is 27.8.